The minimum absolute atomic E-state index is 0.0868. The lowest BCUT2D eigenvalue weighted by Gasteiger charge is -2.32. The molecule has 1 saturated carbocycles. The summed E-state index contributed by atoms with van der Waals surface area (Å²) in [6.45, 7) is 5.46. The van der Waals surface area contributed by atoms with Crippen molar-refractivity contribution in [1.29, 1.82) is 0 Å². The van der Waals surface area contributed by atoms with Gasteiger partial charge in [0.2, 0.25) is 0 Å². The quantitative estimate of drug-likeness (QED) is 0.815. The van der Waals surface area contributed by atoms with Crippen LogP contribution < -0.4 is 5.73 Å². The van der Waals surface area contributed by atoms with Crippen molar-refractivity contribution in [3.8, 4) is 0 Å². The normalized spacial score (nSPS) is 18.4. The van der Waals surface area contributed by atoms with Gasteiger partial charge in [-0.15, -0.1) is 0 Å². The fourth-order valence-corrected chi connectivity index (χ4v) is 2.39. The van der Waals surface area contributed by atoms with Crippen molar-refractivity contribution in [2.75, 3.05) is 19.6 Å². The highest BCUT2D eigenvalue weighted by Gasteiger charge is 2.21. The van der Waals surface area contributed by atoms with E-state index in [1.54, 1.807) is 0 Å². The minimum Gasteiger partial charge on any atom is -0.323 e. The van der Waals surface area contributed by atoms with E-state index in [-0.39, 0.29) is 6.04 Å². The molecule has 17 heavy (non-hydrogen) atoms. The first-order valence-corrected chi connectivity index (χ1v) is 6.65. The van der Waals surface area contributed by atoms with Crippen LogP contribution in [0.3, 0.4) is 0 Å². The Morgan fingerprint density at radius 3 is 2.82 bits per heavy atom. The van der Waals surface area contributed by atoms with Gasteiger partial charge >= 0.3 is 0 Å². The zero-order valence-electron chi connectivity index (χ0n) is 11.0. The molecule has 0 saturated heterocycles. The lowest BCUT2D eigenvalue weighted by molar-refractivity contribution is 0.176. The van der Waals surface area contributed by atoms with E-state index in [9.17, 15) is 0 Å². The highest BCUT2D eigenvalue weighted by atomic mass is 15.2. The molecule has 0 bridgehead atoms. The molecule has 1 aromatic heterocycles. The molecule has 96 valence electrons. The van der Waals surface area contributed by atoms with Crippen molar-refractivity contribution < 1.29 is 0 Å². The highest BCUT2D eigenvalue weighted by molar-refractivity contribution is 5.09. The third kappa shape index (κ3) is 3.30. The molecule has 2 rings (SSSR count). The first kappa shape index (κ1) is 12.6. The zero-order valence-corrected chi connectivity index (χ0v) is 11.0. The third-order valence-corrected chi connectivity index (χ3v) is 3.80. The van der Waals surface area contributed by atoms with Crippen LogP contribution in [-0.4, -0.2) is 34.3 Å². The molecular formula is C13H24N4. The number of rotatable bonds is 6. The van der Waals surface area contributed by atoms with E-state index in [2.05, 4.69) is 16.9 Å². The standard InChI is InChI=1S/C13H24N4/c1-3-17(8-11-5-4-6-11)10-13(14)12-7-15-16(2)9-12/h7,9,11,13H,3-6,8,10,14H2,1-2H3. The Kier molecular flexibility index (Phi) is 4.18. The zero-order chi connectivity index (χ0) is 12.3. The molecule has 4 heteroatoms. The maximum Gasteiger partial charge on any atom is 0.0537 e. The molecule has 1 aromatic rings. The Balaban J connectivity index is 1.84. The van der Waals surface area contributed by atoms with E-state index in [1.807, 2.05) is 24.1 Å². The highest BCUT2D eigenvalue weighted by Crippen LogP contribution is 2.27. The Hall–Kier alpha value is -0.870. The van der Waals surface area contributed by atoms with E-state index in [0.717, 1.165) is 24.6 Å². The topological polar surface area (TPSA) is 47.1 Å². The van der Waals surface area contributed by atoms with Crippen molar-refractivity contribution >= 4 is 0 Å². The number of likely N-dealkylation sites (N-methyl/N-ethyl adjacent to an activating group) is 1. The predicted molar refractivity (Wildman–Crippen MR) is 69.6 cm³/mol. The average molecular weight is 236 g/mol. The fraction of sp³-hybridized carbons (Fsp3) is 0.769. The summed E-state index contributed by atoms with van der Waals surface area (Å²) >= 11 is 0. The summed E-state index contributed by atoms with van der Waals surface area (Å²) in [7, 11) is 1.93. The van der Waals surface area contributed by atoms with Crippen LogP contribution in [-0.2, 0) is 7.05 Å². The average Bonchev–Trinajstić information content (AvgIpc) is 2.68. The summed E-state index contributed by atoms with van der Waals surface area (Å²) in [5.41, 5.74) is 7.36. The van der Waals surface area contributed by atoms with Gasteiger partial charge in [-0.3, -0.25) is 4.68 Å². The van der Waals surface area contributed by atoms with Gasteiger partial charge in [-0.25, -0.2) is 0 Å². The van der Waals surface area contributed by atoms with Crippen molar-refractivity contribution in [3.63, 3.8) is 0 Å². The van der Waals surface area contributed by atoms with Crippen LogP contribution in [0.15, 0.2) is 12.4 Å². The maximum absolute atomic E-state index is 6.22. The molecule has 2 N–H and O–H groups in total. The second-order valence-electron chi connectivity index (χ2n) is 5.20. The summed E-state index contributed by atoms with van der Waals surface area (Å²) in [6.07, 6.45) is 8.11. The lowest BCUT2D eigenvalue weighted by Crippen LogP contribution is -2.37. The number of aromatic nitrogens is 2. The van der Waals surface area contributed by atoms with Gasteiger partial charge in [-0.1, -0.05) is 13.3 Å². The van der Waals surface area contributed by atoms with Gasteiger partial charge in [-0.05, 0) is 25.3 Å². The number of nitrogens with two attached hydrogens (primary N) is 1. The molecule has 0 aromatic carbocycles. The van der Waals surface area contributed by atoms with E-state index in [1.165, 1.54) is 25.8 Å². The Bertz CT molecular complexity index is 343. The number of nitrogens with zero attached hydrogens (tertiary/aromatic N) is 3. The molecular weight excluding hydrogens is 212 g/mol. The van der Waals surface area contributed by atoms with E-state index < -0.39 is 0 Å². The van der Waals surface area contributed by atoms with Crippen LogP contribution in [0.25, 0.3) is 0 Å². The van der Waals surface area contributed by atoms with E-state index in [0.29, 0.717) is 0 Å². The SMILES string of the molecule is CCN(CC1CCC1)CC(N)c1cnn(C)c1. The summed E-state index contributed by atoms with van der Waals surface area (Å²) < 4.78 is 1.82. The van der Waals surface area contributed by atoms with Gasteiger partial charge < -0.3 is 10.6 Å². The molecule has 1 atom stereocenters. The van der Waals surface area contributed by atoms with Gasteiger partial charge in [0.1, 0.15) is 0 Å². The first-order valence-electron chi connectivity index (χ1n) is 6.65. The summed E-state index contributed by atoms with van der Waals surface area (Å²) in [5, 5.41) is 4.18. The monoisotopic (exact) mass is 236 g/mol. The summed E-state index contributed by atoms with van der Waals surface area (Å²) in [5.74, 6) is 0.913. The van der Waals surface area contributed by atoms with Gasteiger partial charge in [0.25, 0.3) is 0 Å². The van der Waals surface area contributed by atoms with Crippen LogP contribution in [0.2, 0.25) is 0 Å². The molecule has 0 spiro atoms. The van der Waals surface area contributed by atoms with Crippen molar-refractivity contribution in [2.45, 2.75) is 32.2 Å². The molecule has 1 heterocycles. The van der Waals surface area contributed by atoms with Gasteiger partial charge in [0.05, 0.1) is 6.20 Å². The Labute approximate surface area is 104 Å². The Morgan fingerprint density at radius 2 is 2.35 bits per heavy atom. The molecule has 1 fully saturated rings. The van der Waals surface area contributed by atoms with Gasteiger partial charge in [0, 0.05) is 37.9 Å². The summed E-state index contributed by atoms with van der Waals surface area (Å²) in [4.78, 5) is 2.47. The number of aryl methyl sites for hydroxylation is 1. The fourth-order valence-electron chi connectivity index (χ4n) is 2.39. The van der Waals surface area contributed by atoms with Crippen LogP contribution >= 0.6 is 0 Å². The van der Waals surface area contributed by atoms with Gasteiger partial charge in [0.15, 0.2) is 0 Å². The third-order valence-electron chi connectivity index (χ3n) is 3.80. The second kappa shape index (κ2) is 5.65. The summed E-state index contributed by atoms with van der Waals surface area (Å²) in [6, 6.07) is 0.0868. The Morgan fingerprint density at radius 1 is 1.59 bits per heavy atom. The predicted octanol–water partition coefficient (Wildman–Crippen LogP) is 1.54. The number of hydrogen-bond donors (Lipinski definition) is 1. The van der Waals surface area contributed by atoms with Crippen molar-refractivity contribution in [1.82, 2.24) is 14.7 Å². The van der Waals surface area contributed by atoms with Crippen LogP contribution in [0.4, 0.5) is 0 Å². The van der Waals surface area contributed by atoms with Crippen molar-refractivity contribution in [3.05, 3.63) is 18.0 Å². The molecule has 0 aliphatic heterocycles. The second-order valence-corrected chi connectivity index (χ2v) is 5.20. The van der Waals surface area contributed by atoms with Gasteiger partial charge in [-0.2, -0.15) is 5.10 Å². The molecule has 1 aliphatic carbocycles. The van der Waals surface area contributed by atoms with E-state index in [4.69, 9.17) is 5.73 Å². The van der Waals surface area contributed by atoms with Crippen LogP contribution in [0, 0.1) is 5.92 Å². The first-order chi connectivity index (χ1) is 8.19. The molecule has 1 aliphatic rings. The minimum atomic E-state index is 0.0868. The molecule has 0 radical (unpaired) electrons. The van der Waals surface area contributed by atoms with E-state index >= 15 is 0 Å². The molecule has 1 unspecified atom stereocenters. The smallest absolute Gasteiger partial charge is 0.0537 e. The lowest BCUT2D eigenvalue weighted by atomic mass is 9.85. The molecule has 4 nitrogen and oxygen atoms in total. The van der Waals surface area contributed by atoms with Crippen molar-refractivity contribution in [2.24, 2.45) is 18.7 Å². The van der Waals surface area contributed by atoms with Crippen LogP contribution in [0.1, 0.15) is 37.8 Å². The largest absolute Gasteiger partial charge is 0.323 e. The molecule has 0 amide bonds. The number of hydrogen-bond acceptors (Lipinski definition) is 3. The van der Waals surface area contributed by atoms with Crippen LogP contribution in [0.5, 0.6) is 0 Å². The maximum atomic E-state index is 6.22.